The van der Waals surface area contributed by atoms with Crippen LogP contribution in [0.25, 0.3) is 5.57 Å². The average Bonchev–Trinajstić information content (AvgIpc) is 2.89. The number of benzene rings is 2. The van der Waals surface area contributed by atoms with E-state index < -0.39 is 17.6 Å². The number of hydrogen-bond acceptors (Lipinski definition) is 4. The van der Waals surface area contributed by atoms with Crippen molar-refractivity contribution in [2.75, 3.05) is 11.5 Å². The highest BCUT2D eigenvalue weighted by atomic mass is 16.5. The molecule has 1 aliphatic rings. The molecule has 3 rings (SSSR count). The molecule has 0 radical (unpaired) electrons. The number of aliphatic hydroxyl groups excluding tert-OH is 1. The molecule has 0 aromatic heterocycles. The molecule has 2 aromatic carbocycles. The number of hydrogen-bond donors (Lipinski definition) is 1. The molecule has 1 N–H and O–H groups in total. The zero-order valence-electron chi connectivity index (χ0n) is 16.6. The molecule has 5 heteroatoms. The van der Waals surface area contributed by atoms with Crippen molar-refractivity contribution < 1.29 is 19.4 Å². The van der Waals surface area contributed by atoms with Gasteiger partial charge in [0.15, 0.2) is 5.76 Å². The van der Waals surface area contributed by atoms with Crippen LogP contribution in [0.5, 0.6) is 5.75 Å². The van der Waals surface area contributed by atoms with E-state index in [1.165, 1.54) is 0 Å². The van der Waals surface area contributed by atoms with Gasteiger partial charge in [0.1, 0.15) is 5.75 Å². The van der Waals surface area contributed by atoms with E-state index in [9.17, 15) is 14.7 Å². The highest BCUT2D eigenvalue weighted by molar-refractivity contribution is 6.44. The topological polar surface area (TPSA) is 66.8 Å². The van der Waals surface area contributed by atoms with Crippen LogP contribution in [0.1, 0.15) is 44.7 Å². The van der Waals surface area contributed by atoms with Gasteiger partial charge >= 0.3 is 5.91 Å². The van der Waals surface area contributed by atoms with Gasteiger partial charge in [-0.3, -0.25) is 9.59 Å². The Labute approximate surface area is 165 Å². The molecule has 0 unspecified atom stereocenters. The summed E-state index contributed by atoms with van der Waals surface area (Å²) >= 11 is 0. The van der Waals surface area contributed by atoms with Crippen LogP contribution >= 0.6 is 0 Å². The molecule has 146 valence electrons. The minimum Gasteiger partial charge on any atom is -0.502 e. The summed E-state index contributed by atoms with van der Waals surface area (Å²) in [4.78, 5) is 26.4. The van der Waals surface area contributed by atoms with Gasteiger partial charge in [-0.1, -0.05) is 52.0 Å². The molecule has 0 aliphatic carbocycles. The van der Waals surface area contributed by atoms with Gasteiger partial charge in [0.05, 0.1) is 17.9 Å². The highest BCUT2D eigenvalue weighted by Crippen LogP contribution is 2.33. The van der Waals surface area contributed by atoms with E-state index in [0.29, 0.717) is 35.4 Å². The summed E-state index contributed by atoms with van der Waals surface area (Å²) in [6, 6.07) is 14.0. The monoisotopic (exact) mass is 379 g/mol. The first-order valence-electron chi connectivity index (χ1n) is 9.44. The van der Waals surface area contributed by atoms with Crippen molar-refractivity contribution >= 4 is 23.1 Å². The third-order valence-electron chi connectivity index (χ3n) is 4.60. The fraction of sp³-hybridized carbons (Fsp3) is 0.304. The van der Waals surface area contributed by atoms with Gasteiger partial charge in [-0.15, -0.1) is 0 Å². The Kier molecular flexibility index (Phi) is 5.54. The Bertz CT molecular complexity index is 909. The van der Waals surface area contributed by atoms with E-state index >= 15 is 0 Å². The van der Waals surface area contributed by atoms with Crippen LogP contribution in [-0.2, 0) is 9.59 Å². The number of nitrogens with zero attached hydrogens (tertiary/aromatic N) is 1. The average molecular weight is 379 g/mol. The van der Waals surface area contributed by atoms with Crippen molar-refractivity contribution in [1.29, 1.82) is 0 Å². The number of amides is 2. The van der Waals surface area contributed by atoms with Crippen LogP contribution in [0, 0.1) is 5.92 Å². The van der Waals surface area contributed by atoms with Crippen molar-refractivity contribution in [2.45, 2.75) is 33.6 Å². The zero-order chi connectivity index (χ0) is 20.4. The molecule has 2 aromatic rings. The van der Waals surface area contributed by atoms with Crippen molar-refractivity contribution in [1.82, 2.24) is 0 Å². The molecule has 0 saturated carbocycles. The van der Waals surface area contributed by atoms with Gasteiger partial charge in [-0.2, -0.15) is 0 Å². The third-order valence-corrected chi connectivity index (χ3v) is 4.60. The Morgan fingerprint density at radius 1 is 0.893 bits per heavy atom. The second-order valence-corrected chi connectivity index (χ2v) is 7.64. The minimum absolute atomic E-state index is 0.00773. The molecular weight excluding hydrogens is 354 g/mol. The standard InChI is InChI=1S/C23H25NO4/c1-14(2)13-28-19-11-7-17(8-12-19)20-21(25)23(27)24(22(20)26)18-9-5-16(6-10-18)15(3)4/h5-12,14-15,25H,13H2,1-4H3. The summed E-state index contributed by atoms with van der Waals surface area (Å²) in [6.07, 6.45) is 0. The number of ether oxygens (including phenoxy) is 1. The quantitative estimate of drug-likeness (QED) is 0.740. The number of carbonyl (C=O) groups is 2. The third kappa shape index (κ3) is 3.79. The van der Waals surface area contributed by atoms with Crippen molar-refractivity contribution in [2.24, 2.45) is 5.92 Å². The Balaban J connectivity index is 1.85. The maximum Gasteiger partial charge on any atom is 0.301 e. The fourth-order valence-corrected chi connectivity index (χ4v) is 3.00. The van der Waals surface area contributed by atoms with E-state index in [1.54, 1.807) is 36.4 Å². The molecule has 0 spiro atoms. The van der Waals surface area contributed by atoms with Crippen molar-refractivity contribution in [3.05, 3.63) is 65.4 Å². The lowest BCUT2D eigenvalue weighted by atomic mass is 10.0. The Morgan fingerprint density at radius 3 is 2.04 bits per heavy atom. The first-order valence-corrected chi connectivity index (χ1v) is 9.44. The predicted octanol–water partition coefficient (Wildman–Crippen LogP) is 4.69. The minimum atomic E-state index is -0.711. The fourth-order valence-electron chi connectivity index (χ4n) is 3.00. The predicted molar refractivity (Wildman–Crippen MR) is 109 cm³/mol. The van der Waals surface area contributed by atoms with Crippen LogP contribution in [0.2, 0.25) is 0 Å². The lowest BCUT2D eigenvalue weighted by Crippen LogP contribution is -2.31. The molecule has 0 atom stereocenters. The number of aliphatic hydroxyl groups is 1. The number of rotatable bonds is 6. The molecule has 5 nitrogen and oxygen atoms in total. The normalized spacial score (nSPS) is 14.6. The zero-order valence-corrected chi connectivity index (χ0v) is 16.6. The molecule has 0 bridgehead atoms. The maximum atomic E-state index is 12.9. The molecule has 1 aliphatic heterocycles. The maximum absolute atomic E-state index is 12.9. The van der Waals surface area contributed by atoms with E-state index in [1.807, 2.05) is 12.1 Å². The largest absolute Gasteiger partial charge is 0.502 e. The SMILES string of the molecule is CC(C)COc1ccc(C2=C(O)C(=O)N(c3ccc(C(C)C)cc3)C2=O)cc1. The van der Waals surface area contributed by atoms with Crippen LogP contribution in [0.4, 0.5) is 5.69 Å². The summed E-state index contributed by atoms with van der Waals surface area (Å²) in [5.41, 5.74) is 2.04. The smallest absolute Gasteiger partial charge is 0.301 e. The molecule has 1 heterocycles. The Morgan fingerprint density at radius 2 is 1.50 bits per heavy atom. The van der Waals surface area contributed by atoms with Crippen molar-refractivity contribution in [3.8, 4) is 5.75 Å². The lowest BCUT2D eigenvalue weighted by Gasteiger charge is -2.16. The van der Waals surface area contributed by atoms with Gasteiger partial charge in [0, 0.05) is 0 Å². The molecule has 2 amide bonds. The molecule has 0 fully saturated rings. The van der Waals surface area contributed by atoms with E-state index in [4.69, 9.17) is 4.74 Å². The highest BCUT2D eigenvalue weighted by Gasteiger charge is 2.40. The molecule has 0 saturated heterocycles. The Hall–Kier alpha value is -3.08. The summed E-state index contributed by atoms with van der Waals surface area (Å²) < 4.78 is 5.64. The molecule has 28 heavy (non-hydrogen) atoms. The summed E-state index contributed by atoms with van der Waals surface area (Å²) in [5, 5.41) is 10.3. The van der Waals surface area contributed by atoms with Crippen LogP contribution in [0.3, 0.4) is 0 Å². The first kappa shape index (κ1) is 19.7. The summed E-state index contributed by atoms with van der Waals surface area (Å²) in [5.74, 6) is -0.356. The van der Waals surface area contributed by atoms with Crippen LogP contribution < -0.4 is 9.64 Å². The van der Waals surface area contributed by atoms with Gasteiger partial charge in [0.25, 0.3) is 5.91 Å². The summed E-state index contributed by atoms with van der Waals surface area (Å²) in [7, 11) is 0. The van der Waals surface area contributed by atoms with E-state index in [2.05, 4.69) is 27.7 Å². The summed E-state index contributed by atoms with van der Waals surface area (Å²) in [6.45, 7) is 8.85. The number of imide groups is 1. The van der Waals surface area contributed by atoms with Gasteiger partial charge < -0.3 is 9.84 Å². The second kappa shape index (κ2) is 7.89. The second-order valence-electron chi connectivity index (χ2n) is 7.64. The van der Waals surface area contributed by atoms with Crippen LogP contribution in [0.15, 0.2) is 54.3 Å². The lowest BCUT2D eigenvalue weighted by molar-refractivity contribution is -0.121. The first-order chi connectivity index (χ1) is 13.3. The van der Waals surface area contributed by atoms with E-state index in [-0.39, 0.29) is 5.57 Å². The van der Waals surface area contributed by atoms with Crippen LogP contribution in [-0.4, -0.2) is 23.5 Å². The van der Waals surface area contributed by atoms with Gasteiger partial charge in [-0.05, 0) is 47.2 Å². The van der Waals surface area contributed by atoms with E-state index in [0.717, 1.165) is 10.5 Å². The number of carbonyl (C=O) groups excluding carboxylic acids is 2. The molecular formula is C23H25NO4. The number of anilines is 1. The van der Waals surface area contributed by atoms with Gasteiger partial charge in [0.2, 0.25) is 0 Å². The van der Waals surface area contributed by atoms with Gasteiger partial charge in [-0.25, -0.2) is 4.90 Å². The van der Waals surface area contributed by atoms with Crippen molar-refractivity contribution in [3.63, 3.8) is 0 Å².